The second-order valence-electron chi connectivity index (χ2n) is 8.78. The predicted molar refractivity (Wildman–Crippen MR) is 149 cm³/mol. The van der Waals surface area contributed by atoms with Crippen LogP contribution in [-0.2, 0) is 9.59 Å². The molecule has 2 aliphatic rings. The van der Waals surface area contributed by atoms with E-state index < -0.39 is 5.91 Å². The number of hydrazine groups is 1. The van der Waals surface area contributed by atoms with Crippen molar-refractivity contribution in [3.8, 4) is 26.9 Å². The van der Waals surface area contributed by atoms with Gasteiger partial charge in [0, 0.05) is 23.1 Å². The predicted octanol–water partition coefficient (Wildman–Crippen LogP) is 5.20. The lowest BCUT2D eigenvalue weighted by molar-refractivity contribution is -0.135. The Morgan fingerprint density at radius 2 is 1.95 bits per heavy atom. The van der Waals surface area contributed by atoms with E-state index in [1.165, 1.54) is 17.4 Å². The number of aryl methyl sites for hydroxylation is 1. The van der Waals surface area contributed by atoms with Crippen molar-refractivity contribution >= 4 is 62.9 Å². The molecule has 2 amide bonds. The van der Waals surface area contributed by atoms with E-state index in [9.17, 15) is 9.59 Å². The van der Waals surface area contributed by atoms with Crippen molar-refractivity contribution in [2.45, 2.75) is 26.4 Å². The van der Waals surface area contributed by atoms with Gasteiger partial charge in [0.15, 0.2) is 11.6 Å². The molecule has 5 heterocycles. The lowest BCUT2D eigenvalue weighted by Crippen LogP contribution is -2.36. The summed E-state index contributed by atoms with van der Waals surface area (Å²) in [7, 11) is 0. The van der Waals surface area contributed by atoms with Crippen molar-refractivity contribution in [2.24, 2.45) is 0 Å². The molecule has 8 nitrogen and oxygen atoms in total. The van der Waals surface area contributed by atoms with Gasteiger partial charge in [-0.3, -0.25) is 15.0 Å². The van der Waals surface area contributed by atoms with Crippen LogP contribution in [0.1, 0.15) is 18.9 Å². The third-order valence-electron chi connectivity index (χ3n) is 6.28. The molecule has 6 rings (SSSR count). The molecule has 0 radical (unpaired) electrons. The summed E-state index contributed by atoms with van der Waals surface area (Å²) < 4.78 is 6.07. The number of hydrogen-bond acceptors (Lipinski definition) is 9. The first-order valence-corrected chi connectivity index (χ1v) is 13.3. The number of benzene rings is 1. The molecule has 0 aliphatic carbocycles. The fraction of sp³-hybridized carbons (Fsp3) is 0.231. The molecule has 1 aromatic carbocycles. The van der Waals surface area contributed by atoms with E-state index in [4.69, 9.17) is 14.7 Å². The Kier molecular flexibility index (Phi) is 7.00. The van der Waals surface area contributed by atoms with Crippen molar-refractivity contribution in [3.63, 3.8) is 0 Å². The number of halogens is 1. The number of hydrogen-bond donors (Lipinski definition) is 2. The molecule has 190 valence electrons. The molecule has 2 aliphatic heterocycles. The Morgan fingerprint density at radius 1 is 1.14 bits per heavy atom. The molecular weight excluding hydrogens is 530 g/mol. The Labute approximate surface area is 227 Å². The van der Waals surface area contributed by atoms with Gasteiger partial charge in [-0.05, 0) is 73.7 Å². The van der Waals surface area contributed by atoms with Crippen LogP contribution >= 0.6 is 35.1 Å². The van der Waals surface area contributed by atoms with Crippen molar-refractivity contribution in [1.29, 1.82) is 0 Å². The number of imide groups is 1. The van der Waals surface area contributed by atoms with Crippen LogP contribution in [-0.4, -0.2) is 46.0 Å². The topological polar surface area (TPSA) is 96.5 Å². The zero-order valence-corrected chi connectivity index (χ0v) is 22.6. The van der Waals surface area contributed by atoms with Crippen molar-refractivity contribution < 1.29 is 14.3 Å². The standard InChI is InChI=1S/C26H23N5O3S2.ClH/c1-14-12-20(32)31(26(14)33)30-24-21-15(2)22(36-25(21)29-23(28-24)19-4-3-11-35-19)16-5-7-17(8-6-16)34-18-9-10-27-13-18;/h3-8,11-12,18,27H,9-10,13H2,1-2H3,(H,28,29,30);1H. The van der Waals surface area contributed by atoms with Gasteiger partial charge in [0.1, 0.15) is 16.7 Å². The molecule has 2 N–H and O–H groups in total. The molecule has 0 bridgehead atoms. The molecule has 1 unspecified atom stereocenters. The molecule has 4 aromatic rings. The summed E-state index contributed by atoms with van der Waals surface area (Å²) in [5.41, 5.74) is 5.39. The largest absolute Gasteiger partial charge is 0.489 e. The minimum atomic E-state index is -0.414. The highest BCUT2D eigenvalue weighted by Gasteiger charge is 2.30. The zero-order valence-electron chi connectivity index (χ0n) is 20.1. The minimum absolute atomic E-state index is 0. The van der Waals surface area contributed by atoms with Crippen molar-refractivity contribution in [1.82, 2.24) is 20.3 Å². The number of carbonyl (C=O) groups excluding carboxylic acids is 2. The van der Waals surface area contributed by atoms with Gasteiger partial charge in [-0.25, -0.2) is 9.97 Å². The van der Waals surface area contributed by atoms with Gasteiger partial charge in [0.25, 0.3) is 11.8 Å². The quantitative estimate of drug-likeness (QED) is 0.317. The van der Waals surface area contributed by atoms with E-state index in [0.29, 0.717) is 17.2 Å². The Balaban J connectivity index is 0.00000280. The summed E-state index contributed by atoms with van der Waals surface area (Å²) in [6.07, 6.45) is 2.54. The molecule has 37 heavy (non-hydrogen) atoms. The van der Waals surface area contributed by atoms with Gasteiger partial charge >= 0.3 is 0 Å². The van der Waals surface area contributed by atoms with Crippen LogP contribution in [0.4, 0.5) is 5.82 Å². The van der Waals surface area contributed by atoms with E-state index >= 15 is 0 Å². The second kappa shape index (κ2) is 10.2. The van der Waals surface area contributed by atoms with Crippen LogP contribution in [0.25, 0.3) is 31.4 Å². The van der Waals surface area contributed by atoms with Crippen LogP contribution in [0.15, 0.2) is 53.4 Å². The summed E-state index contributed by atoms with van der Waals surface area (Å²) in [6.45, 7) is 5.49. The van der Waals surface area contributed by atoms with E-state index in [-0.39, 0.29) is 24.4 Å². The Hall–Kier alpha value is -3.31. The summed E-state index contributed by atoms with van der Waals surface area (Å²) >= 11 is 3.10. The average Bonchev–Trinajstić information content (AvgIpc) is 3.67. The summed E-state index contributed by atoms with van der Waals surface area (Å²) in [5, 5.41) is 7.08. The molecule has 1 fully saturated rings. The number of aromatic nitrogens is 2. The fourth-order valence-corrected chi connectivity index (χ4v) is 6.26. The first-order valence-electron chi connectivity index (χ1n) is 11.6. The summed E-state index contributed by atoms with van der Waals surface area (Å²) in [4.78, 5) is 37.3. The first-order chi connectivity index (χ1) is 17.5. The highest BCUT2D eigenvalue weighted by molar-refractivity contribution is 7.22. The number of amides is 2. The Morgan fingerprint density at radius 3 is 2.59 bits per heavy atom. The third-order valence-corrected chi connectivity index (χ3v) is 8.39. The second-order valence-corrected chi connectivity index (χ2v) is 10.7. The van der Waals surface area contributed by atoms with E-state index in [1.54, 1.807) is 18.3 Å². The highest BCUT2D eigenvalue weighted by atomic mass is 35.5. The molecule has 1 atom stereocenters. The number of nitrogens with zero attached hydrogens (tertiary/aromatic N) is 3. The lowest BCUT2D eigenvalue weighted by atomic mass is 10.1. The number of ether oxygens (including phenoxy) is 1. The van der Waals surface area contributed by atoms with Gasteiger partial charge in [0.2, 0.25) is 0 Å². The van der Waals surface area contributed by atoms with Crippen LogP contribution in [0.5, 0.6) is 5.75 Å². The third kappa shape index (κ3) is 4.73. The van der Waals surface area contributed by atoms with Crippen LogP contribution < -0.4 is 15.5 Å². The maximum absolute atomic E-state index is 12.6. The number of thiophene rings is 2. The van der Waals surface area contributed by atoms with Crippen molar-refractivity contribution in [3.05, 3.63) is 59.0 Å². The normalized spacial score (nSPS) is 17.3. The van der Waals surface area contributed by atoms with Gasteiger partial charge in [-0.2, -0.15) is 5.01 Å². The zero-order chi connectivity index (χ0) is 24.8. The fourth-order valence-electron chi connectivity index (χ4n) is 4.42. The molecule has 3 aromatic heterocycles. The monoisotopic (exact) mass is 553 g/mol. The molecule has 11 heteroatoms. The van der Waals surface area contributed by atoms with E-state index in [1.807, 2.05) is 36.6 Å². The first kappa shape index (κ1) is 25.3. The highest BCUT2D eigenvalue weighted by Crippen LogP contribution is 2.42. The molecule has 1 saturated heterocycles. The molecular formula is C26H24ClN5O3S2. The van der Waals surface area contributed by atoms with Crippen LogP contribution in [0.2, 0.25) is 0 Å². The van der Waals surface area contributed by atoms with Gasteiger partial charge in [-0.15, -0.1) is 35.1 Å². The number of anilines is 1. The van der Waals surface area contributed by atoms with Crippen LogP contribution in [0, 0.1) is 6.92 Å². The van der Waals surface area contributed by atoms with Crippen molar-refractivity contribution in [2.75, 3.05) is 18.5 Å². The lowest BCUT2D eigenvalue weighted by Gasteiger charge is -2.17. The number of rotatable bonds is 6. The maximum atomic E-state index is 12.6. The van der Waals surface area contributed by atoms with Gasteiger partial charge in [-0.1, -0.05) is 6.07 Å². The molecule has 0 saturated carbocycles. The van der Waals surface area contributed by atoms with Crippen LogP contribution in [0.3, 0.4) is 0 Å². The molecule has 0 spiro atoms. The summed E-state index contributed by atoms with van der Waals surface area (Å²) in [5.74, 6) is 1.03. The number of fused-ring (bicyclic) bond motifs is 1. The average molecular weight is 554 g/mol. The number of nitrogens with one attached hydrogen (secondary N) is 2. The Bertz CT molecular complexity index is 1510. The van der Waals surface area contributed by atoms with E-state index in [0.717, 1.165) is 61.4 Å². The SMILES string of the molecule is CC1=CC(=O)N(Nc2nc(-c3cccs3)nc3sc(-c4ccc(OC5CCNC5)cc4)c(C)c23)C1=O.Cl. The minimum Gasteiger partial charge on any atom is -0.489 e. The summed E-state index contributed by atoms with van der Waals surface area (Å²) in [6, 6.07) is 12.0. The smallest absolute Gasteiger partial charge is 0.275 e. The van der Waals surface area contributed by atoms with E-state index in [2.05, 4.69) is 22.9 Å². The number of carbonyl (C=O) groups is 2. The maximum Gasteiger partial charge on any atom is 0.275 e. The van der Waals surface area contributed by atoms with Gasteiger partial charge < -0.3 is 10.1 Å². The van der Waals surface area contributed by atoms with Gasteiger partial charge in [0.05, 0.1) is 10.3 Å².